The van der Waals surface area contributed by atoms with E-state index in [1.807, 2.05) is 66.5 Å². The number of hydrogen-bond acceptors (Lipinski definition) is 8. The predicted molar refractivity (Wildman–Crippen MR) is 169 cm³/mol. The van der Waals surface area contributed by atoms with E-state index in [0.717, 1.165) is 48.4 Å². The molecule has 0 radical (unpaired) electrons. The molecule has 0 bridgehead atoms. The molecule has 1 aliphatic rings. The Morgan fingerprint density at radius 2 is 1.70 bits per heavy atom. The molecule has 9 nitrogen and oxygen atoms in total. The first-order valence-electron chi connectivity index (χ1n) is 14.7. The van der Waals surface area contributed by atoms with Crippen molar-refractivity contribution in [1.82, 2.24) is 19.7 Å². The van der Waals surface area contributed by atoms with Crippen LogP contribution in [0.25, 0.3) is 10.9 Å². The van der Waals surface area contributed by atoms with E-state index >= 15 is 0 Å². The Hall–Kier alpha value is -4.31. The number of hydrogen-bond donors (Lipinski definition) is 2. The van der Waals surface area contributed by atoms with Crippen LogP contribution in [0.3, 0.4) is 0 Å². The maximum Gasteiger partial charge on any atom is 0.338 e. The Bertz CT molecular complexity index is 1590. The van der Waals surface area contributed by atoms with Crippen LogP contribution in [0.4, 0.5) is 5.69 Å². The van der Waals surface area contributed by atoms with Gasteiger partial charge in [0.15, 0.2) is 11.7 Å². The SMILES string of the molecule is CCOC(=O)c1ccc2c(C(=Nc3ccc(CN(C)CC(=O)CN4CCN(C)CC4)cc3)c3ccccc3)c(O)[nH]c2c1. The van der Waals surface area contributed by atoms with Crippen molar-refractivity contribution in [1.29, 1.82) is 0 Å². The maximum absolute atomic E-state index is 12.7. The molecule has 2 N–H and O–H groups in total. The molecule has 9 heteroatoms. The monoisotopic (exact) mass is 581 g/mol. The minimum atomic E-state index is -0.415. The summed E-state index contributed by atoms with van der Waals surface area (Å²) in [4.78, 5) is 39.5. The first kappa shape index (κ1) is 30.2. The number of piperazine rings is 1. The predicted octanol–water partition coefficient (Wildman–Crippen LogP) is 4.47. The smallest absolute Gasteiger partial charge is 0.338 e. The number of carbonyl (C=O) groups is 2. The van der Waals surface area contributed by atoms with E-state index in [4.69, 9.17) is 9.73 Å². The second-order valence-electron chi connectivity index (χ2n) is 11.1. The van der Waals surface area contributed by atoms with Crippen LogP contribution in [0.15, 0.2) is 77.8 Å². The van der Waals surface area contributed by atoms with Gasteiger partial charge in [0, 0.05) is 49.2 Å². The zero-order chi connectivity index (χ0) is 30.3. The summed E-state index contributed by atoms with van der Waals surface area (Å²) in [5.41, 5.74) is 4.83. The van der Waals surface area contributed by atoms with Gasteiger partial charge in [-0.05, 0) is 50.8 Å². The van der Waals surface area contributed by atoms with Gasteiger partial charge in [-0.25, -0.2) is 9.79 Å². The van der Waals surface area contributed by atoms with Crippen molar-refractivity contribution >= 4 is 34.1 Å². The number of likely N-dealkylation sites (N-methyl/N-ethyl adjacent to an activating group) is 2. The van der Waals surface area contributed by atoms with Crippen molar-refractivity contribution in [2.75, 3.05) is 60.0 Å². The third-order valence-corrected chi connectivity index (χ3v) is 7.65. The first-order valence-corrected chi connectivity index (χ1v) is 14.7. The lowest BCUT2D eigenvalue weighted by atomic mass is 10.00. The fourth-order valence-electron chi connectivity index (χ4n) is 5.40. The molecule has 3 aromatic carbocycles. The molecular weight excluding hydrogens is 542 g/mol. The maximum atomic E-state index is 12.7. The Morgan fingerprint density at radius 3 is 2.40 bits per heavy atom. The van der Waals surface area contributed by atoms with Crippen molar-refractivity contribution in [3.05, 3.63) is 95.1 Å². The number of rotatable bonds is 11. The van der Waals surface area contributed by atoms with Crippen molar-refractivity contribution in [2.45, 2.75) is 13.5 Å². The standard InChI is InChI=1S/C34H39N5O4/c1-4-43-34(42)26-12-15-29-30(20-26)36-33(41)31(29)32(25-8-6-5-7-9-25)35-27-13-10-24(11-14-27)21-38(3)22-28(40)23-39-18-16-37(2)17-19-39/h5-15,20,36,41H,4,16-19,21-23H2,1-3H3. The van der Waals surface area contributed by atoms with Gasteiger partial charge in [-0.15, -0.1) is 0 Å². The third kappa shape index (κ3) is 7.56. The molecule has 43 heavy (non-hydrogen) atoms. The largest absolute Gasteiger partial charge is 0.494 e. The summed E-state index contributed by atoms with van der Waals surface area (Å²) in [6.45, 7) is 7.47. The topological polar surface area (TPSA) is 101 Å². The Labute approximate surface area is 252 Å². The van der Waals surface area contributed by atoms with E-state index in [1.165, 1.54) is 0 Å². The van der Waals surface area contributed by atoms with E-state index in [9.17, 15) is 14.7 Å². The molecule has 2 heterocycles. The molecule has 0 amide bonds. The Balaban J connectivity index is 1.34. The van der Waals surface area contributed by atoms with Crippen LogP contribution < -0.4 is 0 Å². The van der Waals surface area contributed by atoms with E-state index in [1.54, 1.807) is 25.1 Å². The second-order valence-corrected chi connectivity index (χ2v) is 11.1. The average Bonchev–Trinajstić information content (AvgIpc) is 3.33. The number of carbonyl (C=O) groups excluding carboxylic acids is 2. The van der Waals surface area contributed by atoms with Crippen molar-refractivity contribution in [3.8, 4) is 5.88 Å². The number of aromatic hydroxyl groups is 1. The summed E-state index contributed by atoms with van der Waals surface area (Å²) < 4.78 is 5.13. The number of esters is 1. The highest BCUT2D eigenvalue weighted by atomic mass is 16.5. The molecular formula is C34H39N5O4. The Morgan fingerprint density at radius 1 is 0.977 bits per heavy atom. The van der Waals surface area contributed by atoms with E-state index in [-0.39, 0.29) is 18.3 Å². The van der Waals surface area contributed by atoms with Gasteiger partial charge >= 0.3 is 5.97 Å². The summed E-state index contributed by atoms with van der Waals surface area (Å²) in [5, 5.41) is 11.8. The number of aliphatic imine (C=N–C) groups is 1. The third-order valence-electron chi connectivity index (χ3n) is 7.65. The highest BCUT2D eigenvalue weighted by molar-refractivity contribution is 6.22. The number of Topliss-reactive ketones (excluding diaryl/α,β-unsaturated/α-hetero) is 1. The van der Waals surface area contributed by atoms with Gasteiger partial charge < -0.3 is 19.7 Å². The minimum absolute atomic E-state index is 0.0295. The van der Waals surface area contributed by atoms with Crippen LogP contribution in [0.1, 0.15) is 34.0 Å². The number of benzene rings is 3. The molecule has 0 atom stereocenters. The van der Waals surface area contributed by atoms with Crippen LogP contribution in [0.5, 0.6) is 5.88 Å². The molecule has 4 aromatic rings. The van der Waals surface area contributed by atoms with Crippen LogP contribution in [-0.2, 0) is 16.1 Å². The van der Waals surface area contributed by atoms with Crippen LogP contribution in [-0.4, -0.2) is 102 Å². The number of nitrogens with one attached hydrogen (secondary N) is 1. The van der Waals surface area contributed by atoms with Crippen LogP contribution in [0.2, 0.25) is 0 Å². The summed E-state index contributed by atoms with van der Waals surface area (Å²) in [6.07, 6.45) is 0. The molecule has 0 saturated carbocycles. The fraction of sp³-hybridized carbons (Fsp3) is 0.324. The number of ether oxygens (including phenoxy) is 1. The van der Waals surface area contributed by atoms with Gasteiger partial charge in [0.25, 0.3) is 0 Å². The second kappa shape index (κ2) is 13.8. The Kier molecular flexibility index (Phi) is 9.66. The van der Waals surface area contributed by atoms with Crippen molar-refractivity contribution in [2.24, 2.45) is 4.99 Å². The van der Waals surface area contributed by atoms with Crippen molar-refractivity contribution in [3.63, 3.8) is 0 Å². The molecule has 0 unspecified atom stereocenters. The van der Waals surface area contributed by atoms with Crippen LogP contribution in [0, 0.1) is 0 Å². The van der Waals surface area contributed by atoms with Gasteiger partial charge in [0.1, 0.15) is 0 Å². The van der Waals surface area contributed by atoms with Gasteiger partial charge in [0.2, 0.25) is 0 Å². The number of ketones is 1. The molecule has 1 fully saturated rings. The average molecular weight is 582 g/mol. The highest BCUT2D eigenvalue weighted by Crippen LogP contribution is 2.32. The molecule has 1 saturated heterocycles. The molecule has 0 aliphatic carbocycles. The molecule has 5 rings (SSSR count). The van der Waals surface area contributed by atoms with E-state index in [0.29, 0.717) is 42.0 Å². The number of aromatic amines is 1. The fourth-order valence-corrected chi connectivity index (χ4v) is 5.40. The van der Waals surface area contributed by atoms with Gasteiger partial charge in [0.05, 0.1) is 42.2 Å². The minimum Gasteiger partial charge on any atom is -0.494 e. The number of aromatic nitrogens is 1. The summed E-state index contributed by atoms with van der Waals surface area (Å²) in [7, 11) is 4.08. The molecule has 1 aromatic heterocycles. The number of nitrogens with zero attached hydrogens (tertiary/aromatic N) is 4. The lowest BCUT2D eigenvalue weighted by Gasteiger charge is -2.32. The summed E-state index contributed by atoms with van der Waals surface area (Å²) in [6, 6.07) is 22.8. The highest BCUT2D eigenvalue weighted by Gasteiger charge is 2.21. The number of H-pyrrole nitrogens is 1. The zero-order valence-corrected chi connectivity index (χ0v) is 25.0. The lowest BCUT2D eigenvalue weighted by molar-refractivity contribution is -0.121. The van der Waals surface area contributed by atoms with E-state index in [2.05, 4.69) is 21.8 Å². The zero-order valence-electron chi connectivity index (χ0n) is 25.0. The van der Waals surface area contributed by atoms with Crippen molar-refractivity contribution < 1.29 is 19.4 Å². The molecule has 1 aliphatic heterocycles. The summed E-state index contributed by atoms with van der Waals surface area (Å²) in [5.74, 6) is -0.214. The lowest BCUT2D eigenvalue weighted by Crippen LogP contribution is -2.47. The van der Waals surface area contributed by atoms with Gasteiger partial charge in [-0.2, -0.15) is 0 Å². The molecule has 0 spiro atoms. The first-order chi connectivity index (χ1) is 20.8. The van der Waals surface area contributed by atoms with Crippen LogP contribution >= 0.6 is 0 Å². The van der Waals surface area contributed by atoms with E-state index < -0.39 is 5.97 Å². The van der Waals surface area contributed by atoms with Gasteiger partial charge in [-0.1, -0.05) is 48.5 Å². The van der Waals surface area contributed by atoms with Gasteiger partial charge in [-0.3, -0.25) is 14.6 Å². The number of fused-ring (bicyclic) bond motifs is 1. The quantitative estimate of drug-likeness (QED) is 0.199. The molecule has 224 valence electrons. The normalized spacial score (nSPS) is 14.8. The summed E-state index contributed by atoms with van der Waals surface area (Å²) >= 11 is 0.